The van der Waals surface area contributed by atoms with Gasteiger partial charge in [-0.2, -0.15) is 0 Å². The Morgan fingerprint density at radius 2 is 1.74 bits per heavy atom. The van der Waals surface area contributed by atoms with Gasteiger partial charge in [-0.1, -0.05) is 13.8 Å². The maximum atomic E-state index is 5.86. The van der Waals surface area contributed by atoms with Gasteiger partial charge in [0.05, 0.1) is 39.9 Å². The molecule has 0 aromatic heterocycles. The summed E-state index contributed by atoms with van der Waals surface area (Å²) >= 11 is 0. The van der Waals surface area contributed by atoms with Crippen molar-refractivity contribution in [1.29, 1.82) is 0 Å². The third-order valence-electron chi connectivity index (χ3n) is 4.29. The van der Waals surface area contributed by atoms with E-state index in [1.54, 1.807) is 0 Å². The second-order valence-electron chi connectivity index (χ2n) is 6.36. The molecular weight excluding hydrogens is 236 g/mol. The minimum absolute atomic E-state index is 0.386. The number of hydrogen-bond donors (Lipinski definition) is 0. The van der Waals surface area contributed by atoms with Crippen molar-refractivity contribution in [3.05, 3.63) is 0 Å². The highest BCUT2D eigenvalue weighted by Gasteiger charge is 2.16. The zero-order valence-electron chi connectivity index (χ0n) is 14.4. The molecule has 0 saturated carbocycles. The molecule has 0 aliphatic carbocycles. The van der Waals surface area contributed by atoms with Gasteiger partial charge in [-0.15, -0.1) is 0 Å². The number of nitrogens with zero attached hydrogens (tertiary/aromatic N) is 2. The number of rotatable bonds is 11. The maximum absolute atomic E-state index is 5.86. The van der Waals surface area contributed by atoms with Crippen LogP contribution in [0.5, 0.6) is 0 Å². The van der Waals surface area contributed by atoms with Crippen LogP contribution < -0.4 is 0 Å². The van der Waals surface area contributed by atoms with Crippen LogP contribution >= 0.6 is 0 Å². The Labute approximate surface area is 121 Å². The summed E-state index contributed by atoms with van der Waals surface area (Å²) < 4.78 is 6.98. The van der Waals surface area contributed by atoms with E-state index in [9.17, 15) is 0 Å². The van der Waals surface area contributed by atoms with Crippen LogP contribution in [0.1, 0.15) is 47.5 Å². The molecule has 0 aromatic rings. The number of likely N-dealkylation sites (N-methyl/N-ethyl adjacent to an activating group) is 1. The van der Waals surface area contributed by atoms with Crippen molar-refractivity contribution < 1.29 is 9.22 Å². The largest absolute Gasteiger partial charge is 0.377 e. The Balaban J connectivity index is 3.98. The average molecular weight is 273 g/mol. The maximum Gasteiger partial charge on any atom is 0.0794 e. The Morgan fingerprint density at radius 3 is 2.21 bits per heavy atom. The molecule has 3 nitrogen and oxygen atoms in total. The quantitative estimate of drug-likeness (QED) is 0.537. The first-order chi connectivity index (χ1) is 8.86. The molecule has 0 saturated heterocycles. The summed E-state index contributed by atoms with van der Waals surface area (Å²) in [5.41, 5.74) is 0. The fourth-order valence-electron chi connectivity index (χ4n) is 2.08. The molecule has 0 radical (unpaired) electrons. The van der Waals surface area contributed by atoms with Crippen molar-refractivity contribution in [1.82, 2.24) is 4.90 Å². The zero-order valence-corrected chi connectivity index (χ0v) is 14.4. The summed E-state index contributed by atoms with van der Waals surface area (Å²) in [5.74, 6) is 0. The number of quaternary nitrogens is 1. The van der Waals surface area contributed by atoms with Crippen LogP contribution in [0.2, 0.25) is 0 Å². The van der Waals surface area contributed by atoms with Crippen LogP contribution in [-0.4, -0.2) is 68.4 Å². The van der Waals surface area contributed by atoms with E-state index >= 15 is 0 Å². The van der Waals surface area contributed by atoms with Crippen molar-refractivity contribution in [3.8, 4) is 0 Å². The van der Waals surface area contributed by atoms with Crippen LogP contribution in [0.15, 0.2) is 0 Å². The van der Waals surface area contributed by atoms with E-state index in [1.807, 2.05) is 0 Å². The molecule has 0 bridgehead atoms. The molecule has 0 amide bonds. The van der Waals surface area contributed by atoms with Crippen molar-refractivity contribution in [3.63, 3.8) is 0 Å². The van der Waals surface area contributed by atoms with Gasteiger partial charge in [-0.05, 0) is 33.7 Å². The van der Waals surface area contributed by atoms with E-state index in [2.05, 4.69) is 53.6 Å². The number of ether oxygens (including phenoxy) is 1. The van der Waals surface area contributed by atoms with E-state index in [0.29, 0.717) is 12.1 Å². The summed E-state index contributed by atoms with van der Waals surface area (Å²) in [6.07, 6.45) is 2.75. The van der Waals surface area contributed by atoms with Crippen molar-refractivity contribution in [2.45, 2.75) is 59.6 Å². The smallest absolute Gasteiger partial charge is 0.0794 e. The lowest BCUT2D eigenvalue weighted by Gasteiger charge is -2.32. The Morgan fingerprint density at radius 1 is 1.11 bits per heavy atom. The topological polar surface area (TPSA) is 12.5 Å². The first-order valence-corrected chi connectivity index (χ1v) is 8.03. The Bertz CT molecular complexity index is 219. The van der Waals surface area contributed by atoms with Crippen LogP contribution in [0.4, 0.5) is 0 Å². The van der Waals surface area contributed by atoms with E-state index in [1.165, 1.54) is 26.1 Å². The highest BCUT2D eigenvalue weighted by molar-refractivity contribution is 4.66. The van der Waals surface area contributed by atoms with Gasteiger partial charge in [0.15, 0.2) is 0 Å². The first kappa shape index (κ1) is 18.9. The van der Waals surface area contributed by atoms with Gasteiger partial charge in [0.1, 0.15) is 0 Å². The zero-order chi connectivity index (χ0) is 14.9. The van der Waals surface area contributed by atoms with Gasteiger partial charge in [0, 0.05) is 19.0 Å². The Hall–Kier alpha value is -0.120. The first-order valence-electron chi connectivity index (χ1n) is 8.03. The van der Waals surface area contributed by atoms with E-state index in [-0.39, 0.29) is 0 Å². The van der Waals surface area contributed by atoms with E-state index in [0.717, 1.165) is 24.1 Å². The summed E-state index contributed by atoms with van der Waals surface area (Å²) in [4.78, 5) is 2.54. The summed E-state index contributed by atoms with van der Waals surface area (Å²) in [6, 6.07) is 0.524. The molecule has 2 atom stereocenters. The van der Waals surface area contributed by atoms with Gasteiger partial charge >= 0.3 is 0 Å². The lowest BCUT2D eigenvalue weighted by molar-refractivity contribution is -0.888. The third kappa shape index (κ3) is 8.61. The van der Waals surface area contributed by atoms with Crippen LogP contribution in [0.25, 0.3) is 0 Å². The second-order valence-corrected chi connectivity index (χ2v) is 6.36. The lowest BCUT2D eigenvalue weighted by atomic mass is 10.2. The predicted octanol–water partition coefficient (Wildman–Crippen LogP) is 3.00. The van der Waals surface area contributed by atoms with Gasteiger partial charge in [0.25, 0.3) is 0 Å². The lowest BCUT2D eigenvalue weighted by Crippen LogP contribution is -2.43. The third-order valence-corrected chi connectivity index (χ3v) is 4.29. The molecule has 0 spiro atoms. The molecule has 2 unspecified atom stereocenters. The molecular formula is C16H37N2O+. The summed E-state index contributed by atoms with van der Waals surface area (Å²) in [7, 11) is 4.62. The van der Waals surface area contributed by atoms with E-state index in [4.69, 9.17) is 4.74 Å². The highest BCUT2D eigenvalue weighted by Crippen LogP contribution is 2.06. The fraction of sp³-hybridized carbons (Fsp3) is 1.00. The molecule has 19 heavy (non-hydrogen) atoms. The van der Waals surface area contributed by atoms with Crippen molar-refractivity contribution in [2.24, 2.45) is 0 Å². The Kier molecular flexibility index (Phi) is 9.67. The molecule has 116 valence electrons. The van der Waals surface area contributed by atoms with Crippen LogP contribution in [0.3, 0.4) is 0 Å². The minimum Gasteiger partial charge on any atom is -0.377 e. The van der Waals surface area contributed by atoms with Gasteiger partial charge < -0.3 is 9.22 Å². The highest BCUT2D eigenvalue weighted by atomic mass is 16.5. The van der Waals surface area contributed by atoms with Crippen LogP contribution in [0, 0.1) is 0 Å². The minimum atomic E-state index is 0.386. The van der Waals surface area contributed by atoms with Crippen molar-refractivity contribution in [2.75, 3.05) is 46.9 Å². The summed E-state index contributed by atoms with van der Waals surface area (Å²) in [5, 5.41) is 0. The van der Waals surface area contributed by atoms with E-state index < -0.39 is 0 Å². The molecule has 0 N–H and O–H groups in total. The molecule has 0 aliphatic rings. The normalized spacial score (nSPS) is 15.8. The monoisotopic (exact) mass is 273 g/mol. The molecule has 0 aliphatic heterocycles. The molecule has 3 heteroatoms. The standard InChI is InChI=1S/C16H37N2O/c1-8-16(5)19-14-15(4)17(9-2)12-11-13-18(6,7)10-3/h15-16H,8-14H2,1-7H3/q+1. The number of hydrogen-bond acceptors (Lipinski definition) is 2. The van der Waals surface area contributed by atoms with Gasteiger partial charge in [-0.25, -0.2) is 0 Å². The molecule has 0 aromatic carbocycles. The second kappa shape index (κ2) is 9.73. The van der Waals surface area contributed by atoms with Crippen LogP contribution in [-0.2, 0) is 4.74 Å². The van der Waals surface area contributed by atoms with Gasteiger partial charge in [0.2, 0.25) is 0 Å². The molecule has 0 rings (SSSR count). The molecule has 0 fully saturated rings. The molecule has 0 heterocycles. The van der Waals surface area contributed by atoms with Gasteiger partial charge in [-0.3, -0.25) is 4.90 Å². The van der Waals surface area contributed by atoms with Crippen molar-refractivity contribution >= 4 is 0 Å². The fourth-order valence-corrected chi connectivity index (χ4v) is 2.08. The average Bonchev–Trinajstić information content (AvgIpc) is 2.40. The summed E-state index contributed by atoms with van der Waals surface area (Å²) in [6.45, 7) is 16.8. The predicted molar refractivity (Wildman–Crippen MR) is 84.5 cm³/mol. The SMILES string of the molecule is CCC(C)OCC(C)N(CC)CCC[N+](C)(C)CC.